The van der Waals surface area contributed by atoms with Crippen molar-refractivity contribution >= 4 is 28.6 Å². The maximum Gasteiger partial charge on any atom is 0.412 e. The van der Waals surface area contributed by atoms with Gasteiger partial charge in [-0.2, -0.15) is 0 Å². The summed E-state index contributed by atoms with van der Waals surface area (Å²) in [5.74, 6) is 0.477. The van der Waals surface area contributed by atoms with Crippen molar-refractivity contribution in [3.63, 3.8) is 0 Å². The van der Waals surface area contributed by atoms with E-state index in [0.29, 0.717) is 18.0 Å². The third kappa shape index (κ3) is 3.72. The number of benzene rings is 1. The Morgan fingerprint density at radius 1 is 1.32 bits per heavy atom. The molecule has 6 heteroatoms. The van der Waals surface area contributed by atoms with Gasteiger partial charge in [0.25, 0.3) is 5.91 Å². The lowest BCUT2D eigenvalue weighted by Gasteiger charge is -2.09. The molecule has 0 saturated carbocycles. The van der Waals surface area contributed by atoms with Gasteiger partial charge in [-0.25, -0.2) is 9.78 Å². The number of aromatic nitrogens is 1. The van der Waals surface area contributed by atoms with E-state index in [1.807, 2.05) is 19.9 Å². The van der Waals surface area contributed by atoms with Gasteiger partial charge in [0, 0.05) is 24.2 Å². The zero-order valence-corrected chi connectivity index (χ0v) is 12.8. The number of nitrogens with one attached hydrogen (secondary N) is 2. The normalized spacial score (nSPS) is 10.5. The first-order chi connectivity index (χ1) is 10.5. The molecule has 0 atom stereocenters. The first-order valence-electron chi connectivity index (χ1n) is 7.06. The number of anilines is 1. The van der Waals surface area contributed by atoms with Crippen molar-refractivity contribution in [3.05, 3.63) is 36.0 Å². The van der Waals surface area contributed by atoms with Gasteiger partial charge >= 0.3 is 6.09 Å². The molecule has 22 heavy (non-hydrogen) atoms. The molecule has 0 radical (unpaired) electrons. The number of nitrogens with zero attached hydrogens (tertiary/aromatic N) is 1. The second kappa shape index (κ2) is 6.89. The number of hydrogen-bond acceptors (Lipinski definition) is 4. The van der Waals surface area contributed by atoms with Gasteiger partial charge in [-0.3, -0.25) is 10.1 Å². The number of carbonyl (C=O) groups excluding carboxylic acids is 2. The average Bonchev–Trinajstić information content (AvgIpc) is 2.51. The Morgan fingerprint density at radius 3 is 2.77 bits per heavy atom. The third-order valence-corrected chi connectivity index (χ3v) is 3.01. The van der Waals surface area contributed by atoms with Crippen molar-refractivity contribution in [2.45, 2.75) is 13.8 Å². The van der Waals surface area contributed by atoms with Crippen LogP contribution in [0.15, 0.2) is 30.5 Å². The summed E-state index contributed by atoms with van der Waals surface area (Å²) < 4.78 is 5.04. The summed E-state index contributed by atoms with van der Waals surface area (Å²) in [4.78, 5) is 27.6. The van der Waals surface area contributed by atoms with Crippen LogP contribution < -0.4 is 10.6 Å². The highest BCUT2D eigenvalue weighted by atomic mass is 16.5. The minimum atomic E-state index is -0.539. The van der Waals surface area contributed by atoms with E-state index in [-0.39, 0.29) is 11.8 Å². The molecule has 6 nitrogen and oxygen atoms in total. The van der Waals surface area contributed by atoms with E-state index in [1.54, 1.807) is 31.4 Å². The van der Waals surface area contributed by atoms with Gasteiger partial charge in [-0.15, -0.1) is 0 Å². The van der Waals surface area contributed by atoms with Crippen molar-refractivity contribution in [1.29, 1.82) is 0 Å². The molecule has 2 amide bonds. The summed E-state index contributed by atoms with van der Waals surface area (Å²) in [7, 11) is 1.58. The summed E-state index contributed by atoms with van der Waals surface area (Å²) >= 11 is 0. The number of carbonyl (C=O) groups is 2. The summed E-state index contributed by atoms with van der Waals surface area (Å²) in [5.41, 5.74) is 0.543. The van der Waals surface area contributed by atoms with Crippen LogP contribution in [0.5, 0.6) is 0 Å². The highest BCUT2D eigenvalue weighted by molar-refractivity contribution is 6.07. The Balaban J connectivity index is 2.21. The van der Waals surface area contributed by atoms with E-state index in [9.17, 15) is 9.59 Å². The summed E-state index contributed by atoms with van der Waals surface area (Å²) in [5, 5.41) is 6.71. The first kappa shape index (κ1) is 15.8. The molecule has 0 aliphatic rings. The van der Waals surface area contributed by atoms with Crippen LogP contribution in [0.2, 0.25) is 0 Å². The highest BCUT2D eigenvalue weighted by Gasteiger charge is 2.10. The highest BCUT2D eigenvalue weighted by Crippen LogP contribution is 2.20. The Morgan fingerprint density at radius 2 is 2.09 bits per heavy atom. The van der Waals surface area contributed by atoms with Crippen LogP contribution in [-0.4, -0.2) is 30.6 Å². The standard InChI is InChI=1S/C16H19N3O3/c1-10(2)9-22-16(21)19-14-7-11-5-4-6-12(15(20)17-3)13(11)8-18-14/h4-8,10H,9H2,1-3H3,(H,17,20)(H,18,19,21). The first-order valence-corrected chi connectivity index (χ1v) is 7.06. The molecule has 1 aromatic heterocycles. The van der Waals surface area contributed by atoms with Crippen LogP contribution in [0.3, 0.4) is 0 Å². The Hall–Kier alpha value is -2.63. The summed E-state index contributed by atoms with van der Waals surface area (Å²) in [6.45, 7) is 4.27. The van der Waals surface area contributed by atoms with Gasteiger partial charge < -0.3 is 10.1 Å². The lowest BCUT2D eigenvalue weighted by atomic mass is 10.1. The molecule has 1 heterocycles. The summed E-state index contributed by atoms with van der Waals surface area (Å²) in [6, 6.07) is 7.08. The molecule has 116 valence electrons. The molecule has 0 spiro atoms. The van der Waals surface area contributed by atoms with Gasteiger partial charge in [0.15, 0.2) is 0 Å². The average molecular weight is 301 g/mol. The van der Waals surface area contributed by atoms with Crippen LogP contribution >= 0.6 is 0 Å². The Bertz CT molecular complexity index is 698. The fraction of sp³-hybridized carbons (Fsp3) is 0.312. The van der Waals surface area contributed by atoms with E-state index in [1.165, 1.54) is 0 Å². The zero-order chi connectivity index (χ0) is 16.1. The Labute approximate surface area is 128 Å². The lowest BCUT2D eigenvalue weighted by molar-refractivity contribution is 0.0964. The van der Waals surface area contributed by atoms with E-state index < -0.39 is 6.09 Å². The van der Waals surface area contributed by atoms with Crippen molar-refractivity contribution in [1.82, 2.24) is 10.3 Å². The van der Waals surface area contributed by atoms with Gasteiger partial charge in [0.05, 0.1) is 6.61 Å². The molecular formula is C16H19N3O3. The molecule has 1 aromatic carbocycles. The molecule has 2 aromatic rings. The predicted octanol–water partition coefficient (Wildman–Crippen LogP) is 2.80. The topological polar surface area (TPSA) is 80.3 Å². The van der Waals surface area contributed by atoms with E-state index in [4.69, 9.17) is 4.74 Å². The number of amides is 2. The van der Waals surface area contributed by atoms with E-state index in [2.05, 4.69) is 15.6 Å². The fourth-order valence-electron chi connectivity index (χ4n) is 1.96. The molecule has 0 bridgehead atoms. The number of ether oxygens (including phenoxy) is 1. The number of pyridine rings is 1. The molecule has 0 aliphatic heterocycles. The fourth-order valence-corrected chi connectivity index (χ4v) is 1.96. The minimum absolute atomic E-state index is 0.176. The monoisotopic (exact) mass is 301 g/mol. The number of rotatable bonds is 4. The van der Waals surface area contributed by atoms with Crippen molar-refractivity contribution < 1.29 is 14.3 Å². The Kier molecular flexibility index (Phi) is 4.93. The van der Waals surface area contributed by atoms with Crippen molar-refractivity contribution in [2.24, 2.45) is 5.92 Å². The zero-order valence-electron chi connectivity index (χ0n) is 12.8. The molecule has 0 fully saturated rings. The quantitative estimate of drug-likeness (QED) is 0.910. The minimum Gasteiger partial charge on any atom is -0.449 e. The van der Waals surface area contributed by atoms with Gasteiger partial charge in [-0.05, 0) is 23.4 Å². The van der Waals surface area contributed by atoms with Crippen LogP contribution in [0, 0.1) is 5.92 Å². The van der Waals surface area contributed by atoms with Crippen LogP contribution in [-0.2, 0) is 4.74 Å². The van der Waals surface area contributed by atoms with Gasteiger partial charge in [0.2, 0.25) is 0 Å². The SMILES string of the molecule is CNC(=O)c1cccc2cc(NC(=O)OCC(C)C)ncc12. The number of hydrogen-bond donors (Lipinski definition) is 2. The maximum absolute atomic E-state index is 11.8. The van der Waals surface area contributed by atoms with Gasteiger partial charge in [-0.1, -0.05) is 26.0 Å². The van der Waals surface area contributed by atoms with Crippen LogP contribution in [0.25, 0.3) is 10.8 Å². The van der Waals surface area contributed by atoms with Gasteiger partial charge in [0.1, 0.15) is 5.82 Å². The van der Waals surface area contributed by atoms with Crippen molar-refractivity contribution in [2.75, 3.05) is 19.0 Å². The predicted molar refractivity (Wildman–Crippen MR) is 84.9 cm³/mol. The number of fused-ring (bicyclic) bond motifs is 1. The molecule has 0 saturated heterocycles. The second-order valence-corrected chi connectivity index (χ2v) is 5.29. The summed E-state index contributed by atoms with van der Waals surface area (Å²) in [6.07, 6.45) is 1.03. The molecule has 0 aliphatic carbocycles. The molecule has 2 rings (SSSR count). The maximum atomic E-state index is 11.8. The van der Waals surface area contributed by atoms with Crippen LogP contribution in [0.4, 0.5) is 10.6 Å². The largest absolute Gasteiger partial charge is 0.449 e. The third-order valence-electron chi connectivity index (χ3n) is 3.01. The van der Waals surface area contributed by atoms with E-state index >= 15 is 0 Å². The molecule has 2 N–H and O–H groups in total. The lowest BCUT2D eigenvalue weighted by Crippen LogP contribution is -2.18. The molecule has 0 unspecified atom stereocenters. The molecular weight excluding hydrogens is 282 g/mol. The van der Waals surface area contributed by atoms with Crippen molar-refractivity contribution in [3.8, 4) is 0 Å². The van der Waals surface area contributed by atoms with Crippen LogP contribution in [0.1, 0.15) is 24.2 Å². The smallest absolute Gasteiger partial charge is 0.412 e. The second-order valence-electron chi connectivity index (χ2n) is 5.29. The van der Waals surface area contributed by atoms with E-state index in [0.717, 1.165) is 10.8 Å².